The third kappa shape index (κ3) is 3.62. The van der Waals surface area contributed by atoms with Crippen molar-refractivity contribution in [1.29, 1.82) is 0 Å². The molecule has 0 heterocycles. The van der Waals surface area contributed by atoms with Crippen molar-refractivity contribution in [3.63, 3.8) is 0 Å². The van der Waals surface area contributed by atoms with Gasteiger partial charge in [-0.05, 0) is 13.8 Å². The van der Waals surface area contributed by atoms with E-state index in [1.165, 1.54) is 0 Å². The van der Waals surface area contributed by atoms with E-state index in [1.54, 1.807) is 19.1 Å². The second-order valence-corrected chi connectivity index (χ2v) is 1.86. The Balaban J connectivity index is 3.74. The number of aliphatic hydroxyl groups excluding tert-OH is 1. The fourth-order valence-electron chi connectivity index (χ4n) is 0.449. The predicted molar refractivity (Wildman–Crippen MR) is 35.6 cm³/mol. The molecule has 0 aliphatic carbocycles. The Hall–Kier alpha value is -0.560. The topological polar surface area (TPSA) is 20.2 Å². The van der Waals surface area contributed by atoms with Crippen LogP contribution in [-0.4, -0.2) is 11.2 Å². The molecule has 1 atom stereocenters. The van der Waals surface area contributed by atoms with Crippen LogP contribution in [0.4, 0.5) is 0 Å². The Morgan fingerprint density at radius 2 is 2.25 bits per heavy atom. The normalized spacial score (nSPS) is 15.6. The van der Waals surface area contributed by atoms with Crippen molar-refractivity contribution >= 4 is 0 Å². The monoisotopic (exact) mass is 112 g/mol. The first-order chi connectivity index (χ1) is 3.66. The number of allylic oxidation sites excluding steroid dienone is 2. The second kappa shape index (κ2) is 3.44. The molecule has 1 heteroatoms. The summed E-state index contributed by atoms with van der Waals surface area (Å²) >= 11 is 0. The molecule has 0 fully saturated rings. The standard InChI is InChI=1S/C7H12O/c1-4-6(2)5-7(3)8/h4-5,7-8H,1H2,2-3H3/b6-5+/t7-/m1/s1. The molecule has 0 saturated carbocycles. The Kier molecular flexibility index (Phi) is 3.20. The first-order valence-electron chi connectivity index (χ1n) is 2.65. The molecule has 0 aromatic carbocycles. The second-order valence-electron chi connectivity index (χ2n) is 1.86. The van der Waals surface area contributed by atoms with Gasteiger partial charge in [0.1, 0.15) is 0 Å². The van der Waals surface area contributed by atoms with Crippen LogP contribution < -0.4 is 0 Å². The summed E-state index contributed by atoms with van der Waals surface area (Å²) in [6, 6.07) is 0. The minimum Gasteiger partial charge on any atom is -0.389 e. The number of hydrogen-bond donors (Lipinski definition) is 1. The van der Waals surface area contributed by atoms with E-state index in [0.29, 0.717) is 0 Å². The van der Waals surface area contributed by atoms with Crippen LogP contribution in [0.2, 0.25) is 0 Å². The van der Waals surface area contributed by atoms with Gasteiger partial charge in [0.15, 0.2) is 0 Å². The van der Waals surface area contributed by atoms with Crippen molar-refractivity contribution in [2.45, 2.75) is 20.0 Å². The molecule has 0 radical (unpaired) electrons. The largest absolute Gasteiger partial charge is 0.389 e. The minimum absolute atomic E-state index is 0.354. The maximum Gasteiger partial charge on any atom is 0.0698 e. The van der Waals surface area contributed by atoms with Gasteiger partial charge in [-0.25, -0.2) is 0 Å². The van der Waals surface area contributed by atoms with Crippen LogP contribution in [0.5, 0.6) is 0 Å². The van der Waals surface area contributed by atoms with Gasteiger partial charge in [-0.15, -0.1) is 0 Å². The fourth-order valence-corrected chi connectivity index (χ4v) is 0.449. The van der Waals surface area contributed by atoms with Gasteiger partial charge in [-0.1, -0.05) is 24.3 Å². The van der Waals surface area contributed by atoms with E-state index in [0.717, 1.165) is 5.57 Å². The summed E-state index contributed by atoms with van der Waals surface area (Å²) in [5.41, 5.74) is 1.01. The van der Waals surface area contributed by atoms with E-state index in [-0.39, 0.29) is 6.10 Å². The molecule has 0 aliphatic heterocycles. The molecule has 0 amide bonds. The fraction of sp³-hybridized carbons (Fsp3) is 0.429. The number of hydrogen-bond acceptors (Lipinski definition) is 1. The lowest BCUT2D eigenvalue weighted by atomic mass is 10.2. The van der Waals surface area contributed by atoms with E-state index in [2.05, 4.69) is 6.58 Å². The molecule has 0 aliphatic rings. The molecule has 0 unspecified atom stereocenters. The summed E-state index contributed by atoms with van der Waals surface area (Å²) < 4.78 is 0. The summed E-state index contributed by atoms with van der Waals surface area (Å²) in [6.45, 7) is 7.15. The molecule has 0 bridgehead atoms. The average Bonchev–Trinajstić information content (AvgIpc) is 1.65. The molecular weight excluding hydrogens is 100 g/mol. The van der Waals surface area contributed by atoms with Crippen LogP contribution in [-0.2, 0) is 0 Å². The molecule has 0 spiro atoms. The molecular formula is C7H12O. The van der Waals surface area contributed by atoms with Gasteiger partial charge in [-0.3, -0.25) is 0 Å². The van der Waals surface area contributed by atoms with Gasteiger partial charge in [0, 0.05) is 0 Å². The van der Waals surface area contributed by atoms with Crippen molar-refractivity contribution in [2.75, 3.05) is 0 Å². The third-order valence-corrected chi connectivity index (χ3v) is 0.826. The van der Waals surface area contributed by atoms with Crippen LogP contribution in [0, 0.1) is 0 Å². The highest BCUT2D eigenvalue weighted by molar-refractivity contribution is 5.13. The first kappa shape index (κ1) is 7.44. The van der Waals surface area contributed by atoms with Gasteiger partial charge < -0.3 is 5.11 Å². The number of aliphatic hydroxyl groups is 1. The number of rotatable bonds is 2. The Labute approximate surface area is 50.3 Å². The summed E-state index contributed by atoms with van der Waals surface area (Å²) in [4.78, 5) is 0. The lowest BCUT2D eigenvalue weighted by Crippen LogP contribution is -1.92. The van der Waals surface area contributed by atoms with Crippen molar-refractivity contribution in [1.82, 2.24) is 0 Å². The van der Waals surface area contributed by atoms with Crippen LogP contribution in [0.1, 0.15) is 13.8 Å². The van der Waals surface area contributed by atoms with Crippen molar-refractivity contribution < 1.29 is 5.11 Å². The van der Waals surface area contributed by atoms with Crippen LogP contribution >= 0.6 is 0 Å². The average molecular weight is 112 g/mol. The zero-order chi connectivity index (χ0) is 6.57. The van der Waals surface area contributed by atoms with E-state index < -0.39 is 0 Å². The van der Waals surface area contributed by atoms with Gasteiger partial charge in [0.2, 0.25) is 0 Å². The predicted octanol–water partition coefficient (Wildman–Crippen LogP) is 1.50. The summed E-state index contributed by atoms with van der Waals surface area (Å²) in [5, 5.41) is 8.73. The highest BCUT2D eigenvalue weighted by Gasteiger charge is 1.85. The molecule has 8 heavy (non-hydrogen) atoms. The van der Waals surface area contributed by atoms with E-state index in [4.69, 9.17) is 5.11 Å². The quantitative estimate of drug-likeness (QED) is 0.537. The lowest BCUT2D eigenvalue weighted by Gasteiger charge is -1.94. The molecule has 1 nitrogen and oxygen atoms in total. The van der Waals surface area contributed by atoms with E-state index >= 15 is 0 Å². The SMILES string of the molecule is C=C/C(C)=C/[C@@H](C)O. The molecule has 46 valence electrons. The van der Waals surface area contributed by atoms with Crippen molar-refractivity contribution in [3.05, 3.63) is 24.3 Å². The van der Waals surface area contributed by atoms with Gasteiger partial charge in [0.25, 0.3) is 0 Å². The Morgan fingerprint density at radius 1 is 1.75 bits per heavy atom. The Bertz CT molecular complexity index is 101. The smallest absolute Gasteiger partial charge is 0.0698 e. The van der Waals surface area contributed by atoms with E-state index in [1.807, 2.05) is 6.92 Å². The zero-order valence-corrected chi connectivity index (χ0v) is 5.39. The highest BCUT2D eigenvalue weighted by Crippen LogP contribution is 1.94. The Morgan fingerprint density at radius 3 is 2.38 bits per heavy atom. The highest BCUT2D eigenvalue weighted by atomic mass is 16.3. The summed E-state index contributed by atoms with van der Waals surface area (Å²) in [6.07, 6.45) is 3.10. The zero-order valence-electron chi connectivity index (χ0n) is 5.39. The molecule has 1 N–H and O–H groups in total. The van der Waals surface area contributed by atoms with Crippen LogP contribution in [0.25, 0.3) is 0 Å². The minimum atomic E-state index is -0.354. The van der Waals surface area contributed by atoms with Gasteiger partial charge in [-0.2, -0.15) is 0 Å². The van der Waals surface area contributed by atoms with Crippen LogP contribution in [0.3, 0.4) is 0 Å². The third-order valence-electron chi connectivity index (χ3n) is 0.826. The maximum absolute atomic E-state index is 8.73. The van der Waals surface area contributed by atoms with Gasteiger partial charge in [0.05, 0.1) is 6.10 Å². The molecule has 0 saturated heterocycles. The molecule has 0 aromatic heterocycles. The van der Waals surface area contributed by atoms with Crippen molar-refractivity contribution in [3.8, 4) is 0 Å². The van der Waals surface area contributed by atoms with Gasteiger partial charge >= 0.3 is 0 Å². The molecule has 0 rings (SSSR count). The lowest BCUT2D eigenvalue weighted by molar-refractivity contribution is 0.243. The first-order valence-corrected chi connectivity index (χ1v) is 2.65. The summed E-state index contributed by atoms with van der Waals surface area (Å²) in [5.74, 6) is 0. The maximum atomic E-state index is 8.73. The van der Waals surface area contributed by atoms with Crippen molar-refractivity contribution in [2.24, 2.45) is 0 Å². The molecule has 0 aromatic rings. The summed E-state index contributed by atoms with van der Waals surface area (Å²) in [7, 11) is 0. The van der Waals surface area contributed by atoms with E-state index in [9.17, 15) is 0 Å². The van der Waals surface area contributed by atoms with Crippen LogP contribution in [0.15, 0.2) is 24.3 Å².